The average molecular weight is 328 g/mol. The van der Waals surface area contributed by atoms with Crippen LogP contribution in [-0.4, -0.2) is 5.91 Å². The molecule has 3 nitrogen and oxygen atoms in total. The van der Waals surface area contributed by atoms with Crippen LogP contribution in [0.4, 0.5) is 10.1 Å². The van der Waals surface area contributed by atoms with Crippen LogP contribution in [0.5, 0.6) is 0 Å². The van der Waals surface area contributed by atoms with Gasteiger partial charge in [0.2, 0.25) is 5.91 Å². The van der Waals surface area contributed by atoms with Gasteiger partial charge in [-0.1, -0.05) is 51.1 Å². The molecule has 128 valence electrons. The summed E-state index contributed by atoms with van der Waals surface area (Å²) in [5.74, 6) is -0.320. The maximum absolute atomic E-state index is 13.2. The highest BCUT2D eigenvalue weighted by Gasteiger charge is 2.27. The number of rotatable bonds is 5. The lowest BCUT2D eigenvalue weighted by Gasteiger charge is -2.32. The standard InChI is InChI=1S/C20H25FN2O/c1-20(2,3)19(15-8-11-16(21)12-9-15)23-18(24)13-10-14-6-4-5-7-17(14)22/h4-9,11-12,19H,10,13,22H2,1-3H3,(H,23,24). The van der Waals surface area contributed by atoms with Crippen molar-refractivity contribution in [3.8, 4) is 0 Å². The van der Waals surface area contributed by atoms with Crippen LogP contribution in [0.15, 0.2) is 48.5 Å². The first-order valence-corrected chi connectivity index (χ1v) is 8.15. The van der Waals surface area contributed by atoms with Crippen molar-refractivity contribution in [2.75, 3.05) is 5.73 Å². The lowest BCUT2D eigenvalue weighted by molar-refractivity contribution is -0.122. The SMILES string of the molecule is CC(C)(C)C(NC(=O)CCc1ccccc1N)c1ccc(F)cc1. The Kier molecular flexibility index (Phi) is 5.60. The molecule has 2 aromatic carbocycles. The number of nitrogens with two attached hydrogens (primary N) is 1. The quantitative estimate of drug-likeness (QED) is 0.806. The topological polar surface area (TPSA) is 55.1 Å². The fraction of sp³-hybridized carbons (Fsp3) is 0.350. The fourth-order valence-corrected chi connectivity index (χ4v) is 2.70. The summed E-state index contributed by atoms with van der Waals surface area (Å²) in [5, 5.41) is 3.08. The lowest BCUT2D eigenvalue weighted by atomic mass is 9.82. The van der Waals surface area contributed by atoms with Crippen LogP contribution in [0, 0.1) is 11.2 Å². The van der Waals surface area contributed by atoms with E-state index in [1.54, 1.807) is 12.1 Å². The molecule has 4 heteroatoms. The van der Waals surface area contributed by atoms with Crippen LogP contribution in [0.25, 0.3) is 0 Å². The number of nitrogens with one attached hydrogen (secondary N) is 1. The Labute approximate surface area is 143 Å². The largest absolute Gasteiger partial charge is 0.399 e. The Hall–Kier alpha value is -2.36. The smallest absolute Gasteiger partial charge is 0.220 e. The Morgan fingerprint density at radius 2 is 1.75 bits per heavy atom. The van der Waals surface area contributed by atoms with Crippen LogP contribution >= 0.6 is 0 Å². The van der Waals surface area contributed by atoms with Crippen molar-refractivity contribution in [1.82, 2.24) is 5.32 Å². The van der Waals surface area contributed by atoms with Crippen molar-refractivity contribution < 1.29 is 9.18 Å². The van der Waals surface area contributed by atoms with E-state index in [1.807, 2.05) is 24.3 Å². The third kappa shape index (κ3) is 4.82. The number of amides is 1. The zero-order valence-corrected chi connectivity index (χ0v) is 14.5. The van der Waals surface area contributed by atoms with Crippen LogP contribution in [0.2, 0.25) is 0 Å². The van der Waals surface area contributed by atoms with E-state index in [9.17, 15) is 9.18 Å². The van der Waals surface area contributed by atoms with Gasteiger partial charge < -0.3 is 11.1 Å². The molecule has 0 aliphatic rings. The number of carbonyl (C=O) groups is 1. The summed E-state index contributed by atoms with van der Waals surface area (Å²) < 4.78 is 13.2. The van der Waals surface area contributed by atoms with Gasteiger partial charge in [0.1, 0.15) is 5.82 Å². The highest BCUT2D eigenvalue weighted by molar-refractivity contribution is 5.77. The molecule has 2 aromatic rings. The number of hydrogen-bond donors (Lipinski definition) is 2. The molecule has 0 bridgehead atoms. The van der Waals surface area contributed by atoms with E-state index in [1.165, 1.54) is 12.1 Å². The van der Waals surface area contributed by atoms with Crippen molar-refractivity contribution in [3.05, 3.63) is 65.5 Å². The first-order valence-electron chi connectivity index (χ1n) is 8.15. The highest BCUT2D eigenvalue weighted by Crippen LogP contribution is 2.33. The molecule has 24 heavy (non-hydrogen) atoms. The van der Waals surface area contributed by atoms with Gasteiger partial charge in [-0.15, -0.1) is 0 Å². The summed E-state index contributed by atoms with van der Waals surface area (Å²) >= 11 is 0. The molecule has 1 atom stereocenters. The fourth-order valence-electron chi connectivity index (χ4n) is 2.70. The second-order valence-electron chi connectivity index (χ2n) is 7.12. The summed E-state index contributed by atoms with van der Waals surface area (Å²) in [7, 11) is 0. The monoisotopic (exact) mass is 328 g/mol. The molecule has 0 spiro atoms. The molecule has 0 aliphatic heterocycles. The summed E-state index contributed by atoms with van der Waals surface area (Å²) in [6, 6.07) is 13.7. The van der Waals surface area contributed by atoms with Gasteiger partial charge in [-0.05, 0) is 41.2 Å². The molecule has 3 N–H and O–H groups in total. The van der Waals surface area contributed by atoms with E-state index in [0.29, 0.717) is 18.5 Å². The zero-order chi connectivity index (χ0) is 17.7. The molecule has 0 fully saturated rings. The molecule has 0 aliphatic carbocycles. The molecular weight excluding hydrogens is 303 g/mol. The Morgan fingerprint density at radius 3 is 2.33 bits per heavy atom. The van der Waals surface area contributed by atoms with Crippen LogP contribution in [0.3, 0.4) is 0 Å². The number of halogens is 1. The van der Waals surface area contributed by atoms with Crippen molar-refractivity contribution in [3.63, 3.8) is 0 Å². The predicted molar refractivity (Wildman–Crippen MR) is 95.9 cm³/mol. The Morgan fingerprint density at radius 1 is 1.12 bits per heavy atom. The van der Waals surface area contributed by atoms with Crippen LogP contribution in [-0.2, 0) is 11.2 Å². The van der Waals surface area contributed by atoms with Gasteiger partial charge in [-0.2, -0.15) is 0 Å². The predicted octanol–water partition coefficient (Wildman–Crippen LogP) is 4.24. The van der Waals surface area contributed by atoms with Gasteiger partial charge in [-0.3, -0.25) is 4.79 Å². The minimum absolute atomic E-state index is 0.0393. The molecule has 0 aromatic heterocycles. The Balaban J connectivity index is 2.05. The third-order valence-electron chi connectivity index (χ3n) is 4.05. The molecule has 2 rings (SSSR count). The van der Waals surface area contributed by atoms with Crippen LogP contribution < -0.4 is 11.1 Å². The second kappa shape index (κ2) is 7.47. The first kappa shape index (κ1) is 18.0. The summed E-state index contributed by atoms with van der Waals surface area (Å²) in [6.07, 6.45) is 0.959. The molecule has 1 amide bonds. The summed E-state index contributed by atoms with van der Waals surface area (Å²) in [4.78, 5) is 12.4. The van der Waals surface area contributed by atoms with Gasteiger partial charge in [0.05, 0.1) is 6.04 Å². The zero-order valence-electron chi connectivity index (χ0n) is 14.5. The minimum Gasteiger partial charge on any atom is -0.399 e. The number of carbonyl (C=O) groups excluding carboxylic acids is 1. The highest BCUT2D eigenvalue weighted by atomic mass is 19.1. The lowest BCUT2D eigenvalue weighted by Crippen LogP contribution is -2.36. The molecule has 0 saturated heterocycles. The maximum Gasteiger partial charge on any atom is 0.220 e. The molecule has 0 radical (unpaired) electrons. The van der Waals surface area contributed by atoms with Crippen molar-refractivity contribution in [2.45, 2.75) is 39.7 Å². The van der Waals surface area contributed by atoms with Gasteiger partial charge in [0.25, 0.3) is 0 Å². The maximum atomic E-state index is 13.2. The van der Waals surface area contributed by atoms with E-state index in [4.69, 9.17) is 5.73 Å². The van der Waals surface area contributed by atoms with E-state index in [2.05, 4.69) is 26.1 Å². The molecule has 0 saturated carbocycles. The number of nitrogen functional groups attached to an aromatic ring is 1. The van der Waals surface area contributed by atoms with Crippen molar-refractivity contribution in [1.29, 1.82) is 0 Å². The van der Waals surface area contributed by atoms with E-state index < -0.39 is 0 Å². The number of hydrogen-bond acceptors (Lipinski definition) is 2. The average Bonchev–Trinajstić information content (AvgIpc) is 2.52. The van der Waals surface area contributed by atoms with E-state index in [-0.39, 0.29) is 23.2 Å². The minimum atomic E-state index is -0.280. The van der Waals surface area contributed by atoms with Gasteiger partial charge in [0, 0.05) is 12.1 Å². The van der Waals surface area contributed by atoms with Gasteiger partial charge >= 0.3 is 0 Å². The second-order valence-corrected chi connectivity index (χ2v) is 7.12. The first-order chi connectivity index (χ1) is 11.3. The number of benzene rings is 2. The number of aryl methyl sites for hydroxylation is 1. The van der Waals surface area contributed by atoms with E-state index in [0.717, 1.165) is 11.1 Å². The number of anilines is 1. The van der Waals surface area contributed by atoms with Gasteiger partial charge in [-0.25, -0.2) is 4.39 Å². The van der Waals surface area contributed by atoms with Gasteiger partial charge in [0.15, 0.2) is 0 Å². The molecule has 1 unspecified atom stereocenters. The van der Waals surface area contributed by atoms with Crippen molar-refractivity contribution >= 4 is 11.6 Å². The summed E-state index contributed by atoms with van der Waals surface area (Å²) in [6.45, 7) is 6.16. The molecule has 0 heterocycles. The Bertz CT molecular complexity index is 690. The third-order valence-corrected chi connectivity index (χ3v) is 4.05. The number of para-hydroxylation sites is 1. The van der Waals surface area contributed by atoms with Crippen molar-refractivity contribution in [2.24, 2.45) is 5.41 Å². The summed E-state index contributed by atoms with van der Waals surface area (Å²) in [5.41, 5.74) is 8.31. The molecular formula is C20H25FN2O. The van der Waals surface area contributed by atoms with E-state index >= 15 is 0 Å². The normalized spacial score (nSPS) is 12.7. The van der Waals surface area contributed by atoms with Crippen LogP contribution in [0.1, 0.15) is 44.4 Å².